The minimum absolute atomic E-state index is 0.0596. The summed E-state index contributed by atoms with van der Waals surface area (Å²) >= 11 is 0. The summed E-state index contributed by atoms with van der Waals surface area (Å²) < 4.78 is 5.31. The van der Waals surface area contributed by atoms with Gasteiger partial charge in [-0.25, -0.2) is 4.79 Å². The molecule has 8 nitrogen and oxygen atoms in total. The molecule has 1 aromatic heterocycles. The van der Waals surface area contributed by atoms with Crippen LogP contribution in [0.2, 0.25) is 0 Å². The maximum atomic E-state index is 11.9. The quantitative estimate of drug-likeness (QED) is 0.853. The van der Waals surface area contributed by atoms with Gasteiger partial charge in [0.15, 0.2) is 5.69 Å². The molecule has 0 aromatic carbocycles. The molecule has 0 bridgehead atoms. The van der Waals surface area contributed by atoms with Gasteiger partial charge in [0, 0.05) is 13.1 Å². The molecule has 0 aliphatic carbocycles. The number of nitrogens with zero attached hydrogens (tertiary/aromatic N) is 4. The Labute approximate surface area is 116 Å². The molecular weight excluding hydrogens is 262 g/mol. The van der Waals surface area contributed by atoms with E-state index in [0.29, 0.717) is 19.5 Å². The number of rotatable bonds is 2. The lowest BCUT2D eigenvalue weighted by atomic mass is 10.2. The van der Waals surface area contributed by atoms with Crippen molar-refractivity contribution in [2.24, 2.45) is 5.73 Å². The van der Waals surface area contributed by atoms with Gasteiger partial charge in [-0.15, -0.1) is 5.10 Å². The number of nitrogens with two attached hydrogens (primary N) is 1. The van der Waals surface area contributed by atoms with Crippen LogP contribution >= 0.6 is 0 Å². The minimum Gasteiger partial charge on any atom is -0.444 e. The number of hydrogen-bond acceptors (Lipinski definition) is 5. The summed E-state index contributed by atoms with van der Waals surface area (Å²) in [7, 11) is 0. The van der Waals surface area contributed by atoms with E-state index in [9.17, 15) is 9.59 Å². The fourth-order valence-electron chi connectivity index (χ4n) is 1.99. The van der Waals surface area contributed by atoms with Crippen molar-refractivity contribution in [3.8, 4) is 0 Å². The monoisotopic (exact) mass is 281 g/mol. The number of aromatic nitrogens is 3. The van der Waals surface area contributed by atoms with Crippen LogP contribution in [0.15, 0.2) is 6.20 Å². The van der Waals surface area contributed by atoms with Crippen LogP contribution in [0.25, 0.3) is 0 Å². The van der Waals surface area contributed by atoms with E-state index in [4.69, 9.17) is 10.5 Å². The van der Waals surface area contributed by atoms with Gasteiger partial charge in [-0.3, -0.25) is 4.79 Å². The molecule has 1 aliphatic heterocycles. The highest BCUT2D eigenvalue weighted by atomic mass is 16.6. The number of hydrogen-bond donors (Lipinski definition) is 1. The van der Waals surface area contributed by atoms with Crippen LogP contribution in [0.4, 0.5) is 4.79 Å². The summed E-state index contributed by atoms with van der Waals surface area (Å²) in [6, 6.07) is -0.0596. The van der Waals surface area contributed by atoms with E-state index in [-0.39, 0.29) is 17.8 Å². The Hall–Kier alpha value is -2.12. The Bertz CT molecular complexity index is 519. The fraction of sp³-hybridized carbons (Fsp3) is 0.667. The summed E-state index contributed by atoms with van der Waals surface area (Å²) in [5.74, 6) is -0.613. The van der Waals surface area contributed by atoms with Gasteiger partial charge >= 0.3 is 6.09 Å². The van der Waals surface area contributed by atoms with Crippen LogP contribution in [0.5, 0.6) is 0 Å². The minimum atomic E-state index is -0.613. The van der Waals surface area contributed by atoms with Crippen LogP contribution < -0.4 is 5.73 Å². The highest BCUT2D eigenvalue weighted by Gasteiger charge is 2.31. The molecule has 1 saturated heterocycles. The third-order valence-corrected chi connectivity index (χ3v) is 2.90. The maximum Gasteiger partial charge on any atom is 0.410 e. The molecular formula is C12H19N5O3. The predicted molar refractivity (Wildman–Crippen MR) is 70.0 cm³/mol. The second kappa shape index (κ2) is 5.10. The number of amides is 2. The van der Waals surface area contributed by atoms with Crippen LogP contribution in [0, 0.1) is 0 Å². The lowest BCUT2D eigenvalue weighted by Gasteiger charge is -2.24. The lowest BCUT2D eigenvalue weighted by molar-refractivity contribution is 0.0287. The molecule has 0 spiro atoms. The number of carbonyl (C=O) groups is 2. The number of likely N-dealkylation sites (tertiary alicyclic amines) is 1. The van der Waals surface area contributed by atoms with Crippen LogP contribution in [-0.2, 0) is 4.74 Å². The summed E-state index contributed by atoms with van der Waals surface area (Å²) in [5.41, 5.74) is 4.74. The zero-order valence-corrected chi connectivity index (χ0v) is 11.9. The molecule has 110 valence electrons. The van der Waals surface area contributed by atoms with Crippen molar-refractivity contribution < 1.29 is 14.3 Å². The van der Waals surface area contributed by atoms with Crippen LogP contribution in [0.1, 0.15) is 43.7 Å². The van der Waals surface area contributed by atoms with Crippen molar-refractivity contribution >= 4 is 12.0 Å². The first-order chi connectivity index (χ1) is 9.26. The van der Waals surface area contributed by atoms with Crippen molar-refractivity contribution in [1.82, 2.24) is 19.9 Å². The van der Waals surface area contributed by atoms with Gasteiger partial charge in [0.2, 0.25) is 0 Å². The molecule has 0 radical (unpaired) electrons. The lowest BCUT2D eigenvalue weighted by Crippen LogP contribution is -2.35. The fourth-order valence-corrected chi connectivity index (χ4v) is 1.99. The molecule has 2 N–H and O–H groups in total. The average molecular weight is 281 g/mol. The largest absolute Gasteiger partial charge is 0.444 e. The zero-order chi connectivity index (χ0) is 14.9. The molecule has 2 rings (SSSR count). The first-order valence-corrected chi connectivity index (χ1v) is 6.46. The highest BCUT2D eigenvalue weighted by Crippen LogP contribution is 2.22. The summed E-state index contributed by atoms with van der Waals surface area (Å²) in [6.45, 7) is 6.51. The first kappa shape index (κ1) is 14.3. The molecule has 8 heteroatoms. The topological polar surface area (TPSA) is 103 Å². The molecule has 1 fully saturated rings. The second-order valence-corrected chi connectivity index (χ2v) is 5.78. The Balaban J connectivity index is 1.98. The molecule has 1 aliphatic rings. The van der Waals surface area contributed by atoms with Gasteiger partial charge in [0.1, 0.15) is 5.60 Å². The van der Waals surface area contributed by atoms with Gasteiger partial charge in [-0.05, 0) is 27.2 Å². The van der Waals surface area contributed by atoms with E-state index < -0.39 is 11.5 Å². The van der Waals surface area contributed by atoms with Crippen molar-refractivity contribution in [2.45, 2.75) is 38.8 Å². The van der Waals surface area contributed by atoms with Gasteiger partial charge < -0.3 is 15.4 Å². The first-order valence-electron chi connectivity index (χ1n) is 6.46. The SMILES string of the molecule is CC(C)(C)OC(=O)N1CCC(n2ncc(C(N)=O)n2)C1. The van der Waals surface area contributed by atoms with E-state index >= 15 is 0 Å². The normalized spacial score (nSPS) is 19.1. The average Bonchev–Trinajstić information content (AvgIpc) is 2.95. The Morgan fingerprint density at radius 1 is 1.45 bits per heavy atom. The van der Waals surface area contributed by atoms with Crippen LogP contribution in [0.3, 0.4) is 0 Å². The van der Waals surface area contributed by atoms with Gasteiger partial charge in [-0.1, -0.05) is 0 Å². The maximum absolute atomic E-state index is 11.9. The summed E-state index contributed by atoms with van der Waals surface area (Å²) in [5, 5.41) is 8.03. The van der Waals surface area contributed by atoms with Crippen molar-refractivity contribution in [1.29, 1.82) is 0 Å². The van der Waals surface area contributed by atoms with Crippen molar-refractivity contribution in [3.05, 3.63) is 11.9 Å². The highest BCUT2D eigenvalue weighted by molar-refractivity contribution is 5.90. The van der Waals surface area contributed by atoms with Gasteiger partial charge in [0.25, 0.3) is 5.91 Å². The number of carbonyl (C=O) groups excluding carboxylic acids is 2. The van der Waals surface area contributed by atoms with Crippen molar-refractivity contribution in [3.63, 3.8) is 0 Å². The number of ether oxygens (including phenoxy) is 1. The van der Waals surface area contributed by atoms with Crippen molar-refractivity contribution in [2.75, 3.05) is 13.1 Å². The van der Waals surface area contributed by atoms with E-state index in [2.05, 4.69) is 10.2 Å². The molecule has 20 heavy (non-hydrogen) atoms. The summed E-state index contributed by atoms with van der Waals surface area (Å²) in [6.07, 6.45) is 1.70. The Kier molecular flexibility index (Phi) is 3.65. The van der Waals surface area contributed by atoms with E-state index in [1.165, 1.54) is 11.0 Å². The molecule has 1 atom stereocenters. The predicted octanol–water partition coefficient (Wildman–Crippen LogP) is 0.559. The Morgan fingerprint density at radius 3 is 2.70 bits per heavy atom. The second-order valence-electron chi connectivity index (χ2n) is 5.78. The van der Waals surface area contributed by atoms with E-state index in [0.717, 1.165) is 0 Å². The number of primary amides is 1. The third-order valence-electron chi connectivity index (χ3n) is 2.90. The molecule has 1 aromatic rings. The van der Waals surface area contributed by atoms with E-state index in [1.807, 2.05) is 20.8 Å². The van der Waals surface area contributed by atoms with Crippen LogP contribution in [-0.4, -0.2) is 50.6 Å². The molecule has 1 unspecified atom stereocenters. The molecule has 2 amide bonds. The third kappa shape index (κ3) is 3.25. The van der Waals surface area contributed by atoms with Gasteiger partial charge in [-0.2, -0.15) is 9.90 Å². The molecule has 2 heterocycles. The zero-order valence-electron chi connectivity index (χ0n) is 11.9. The molecule has 0 saturated carbocycles. The summed E-state index contributed by atoms with van der Waals surface area (Å²) in [4.78, 5) is 26.0. The standard InChI is InChI=1S/C12H19N5O3/c1-12(2,3)20-11(19)16-5-4-8(7-16)17-14-6-9(15-17)10(13)18/h6,8H,4-5,7H2,1-3H3,(H2,13,18). The Morgan fingerprint density at radius 2 is 2.15 bits per heavy atom. The van der Waals surface area contributed by atoms with E-state index in [1.54, 1.807) is 4.90 Å². The smallest absolute Gasteiger partial charge is 0.410 e. The van der Waals surface area contributed by atoms with Gasteiger partial charge in [0.05, 0.1) is 12.2 Å².